The molecule has 30 heavy (non-hydrogen) atoms. The smallest absolute Gasteiger partial charge is 0.289 e. The van der Waals surface area contributed by atoms with Crippen molar-refractivity contribution in [1.29, 1.82) is 0 Å². The summed E-state index contributed by atoms with van der Waals surface area (Å²) in [6.07, 6.45) is 6.28. The Hall–Kier alpha value is -1.33. The molecule has 8 nitrogen and oxygen atoms in total. The lowest BCUT2D eigenvalue weighted by molar-refractivity contribution is -0.0167. The molecule has 0 aliphatic carbocycles. The lowest BCUT2D eigenvalue weighted by Gasteiger charge is -2.45. The van der Waals surface area contributed by atoms with Gasteiger partial charge in [-0.2, -0.15) is 0 Å². The Kier molecular flexibility index (Phi) is 8.41. The number of rotatable bonds is 4. The van der Waals surface area contributed by atoms with Gasteiger partial charge in [0, 0.05) is 58.5 Å². The zero-order valence-corrected chi connectivity index (χ0v) is 20.2. The Morgan fingerprint density at radius 2 is 1.77 bits per heavy atom. The van der Waals surface area contributed by atoms with E-state index in [1.807, 2.05) is 11.9 Å². The minimum atomic E-state index is -0.0345. The molecule has 0 bridgehead atoms. The lowest BCUT2D eigenvalue weighted by Crippen LogP contribution is -2.60. The van der Waals surface area contributed by atoms with E-state index in [4.69, 9.17) is 9.15 Å². The normalized spacial score (nSPS) is 22.6. The summed E-state index contributed by atoms with van der Waals surface area (Å²) in [7, 11) is 1.84. The molecule has 0 saturated carbocycles. The van der Waals surface area contributed by atoms with Gasteiger partial charge in [0.2, 0.25) is 0 Å². The number of nitrogens with one attached hydrogen (secondary N) is 1. The third kappa shape index (κ3) is 5.11. The Balaban J connectivity index is 0.00000256. The molecule has 0 spiro atoms. The largest absolute Gasteiger partial charge is 0.459 e. The molecule has 4 heterocycles. The maximum Gasteiger partial charge on any atom is 0.289 e. The Bertz CT molecular complexity index is 692. The van der Waals surface area contributed by atoms with Crippen molar-refractivity contribution < 1.29 is 13.9 Å². The first kappa shape index (κ1) is 23.3. The molecule has 0 aromatic carbocycles. The number of ether oxygens (including phenoxy) is 1. The summed E-state index contributed by atoms with van der Waals surface area (Å²) < 4.78 is 10.9. The molecular weight excluding hydrogens is 497 g/mol. The van der Waals surface area contributed by atoms with Crippen LogP contribution < -0.4 is 5.32 Å². The van der Waals surface area contributed by atoms with Gasteiger partial charge in [-0.1, -0.05) is 0 Å². The number of piperazine rings is 1. The SMILES string of the molecule is CN=C(NCC1(N2CCCC2)CCOCC1)N1CCN(C(=O)c2ccco2)CC1.I. The highest BCUT2D eigenvalue weighted by atomic mass is 127. The molecule has 3 aliphatic rings. The zero-order chi connectivity index (χ0) is 20.1. The van der Waals surface area contributed by atoms with Crippen molar-refractivity contribution in [1.82, 2.24) is 20.0 Å². The van der Waals surface area contributed by atoms with Gasteiger partial charge in [0.25, 0.3) is 5.91 Å². The van der Waals surface area contributed by atoms with Gasteiger partial charge < -0.3 is 24.3 Å². The predicted octanol–water partition coefficient (Wildman–Crippen LogP) is 1.88. The predicted molar refractivity (Wildman–Crippen MR) is 127 cm³/mol. The van der Waals surface area contributed by atoms with E-state index in [1.54, 1.807) is 18.4 Å². The molecule has 9 heteroatoms. The third-order valence-corrected chi connectivity index (χ3v) is 6.59. The van der Waals surface area contributed by atoms with E-state index in [2.05, 4.69) is 20.1 Å². The van der Waals surface area contributed by atoms with Crippen molar-refractivity contribution in [3.8, 4) is 0 Å². The van der Waals surface area contributed by atoms with Crippen LogP contribution in [-0.2, 0) is 4.74 Å². The number of nitrogens with zero attached hydrogens (tertiary/aromatic N) is 4. The van der Waals surface area contributed by atoms with Crippen molar-refractivity contribution in [2.45, 2.75) is 31.2 Å². The minimum absolute atomic E-state index is 0. The van der Waals surface area contributed by atoms with Crippen molar-refractivity contribution >= 4 is 35.8 Å². The highest BCUT2D eigenvalue weighted by Gasteiger charge is 2.40. The number of halogens is 1. The molecule has 168 valence electrons. The van der Waals surface area contributed by atoms with Gasteiger partial charge >= 0.3 is 0 Å². The molecule has 3 saturated heterocycles. The average Bonchev–Trinajstić information content (AvgIpc) is 3.49. The highest BCUT2D eigenvalue weighted by molar-refractivity contribution is 14.0. The molecule has 1 aromatic heterocycles. The molecule has 3 aliphatic heterocycles. The zero-order valence-electron chi connectivity index (χ0n) is 17.8. The van der Waals surface area contributed by atoms with E-state index in [1.165, 1.54) is 25.9 Å². The summed E-state index contributed by atoms with van der Waals surface area (Å²) in [5.74, 6) is 1.31. The summed E-state index contributed by atoms with van der Waals surface area (Å²) in [5, 5.41) is 3.65. The van der Waals surface area contributed by atoms with Gasteiger partial charge in [0.05, 0.1) is 6.26 Å². The molecule has 3 fully saturated rings. The molecule has 1 amide bonds. The van der Waals surface area contributed by atoms with Crippen LogP contribution in [0.25, 0.3) is 0 Å². The van der Waals surface area contributed by atoms with Crippen LogP contribution in [0.4, 0.5) is 0 Å². The molecule has 0 radical (unpaired) electrons. The first-order chi connectivity index (χ1) is 14.2. The maximum absolute atomic E-state index is 12.5. The third-order valence-electron chi connectivity index (χ3n) is 6.59. The number of likely N-dealkylation sites (tertiary alicyclic amines) is 1. The van der Waals surface area contributed by atoms with Crippen molar-refractivity contribution in [2.75, 3.05) is 66.1 Å². The molecule has 1 N–H and O–H groups in total. The standard InChI is InChI=1S/C21H33N5O3.HI/c1-22-20(23-17-21(6-15-28-16-7-21)26-8-2-3-9-26)25-12-10-24(11-13-25)19(27)18-5-4-14-29-18;/h4-5,14H,2-3,6-13,15-17H2,1H3,(H,22,23);1H. The van der Waals surface area contributed by atoms with Crippen LogP contribution in [0.1, 0.15) is 36.2 Å². The monoisotopic (exact) mass is 531 g/mol. The minimum Gasteiger partial charge on any atom is -0.459 e. The first-order valence-electron chi connectivity index (χ1n) is 10.8. The van der Waals surface area contributed by atoms with Gasteiger partial charge in [-0.15, -0.1) is 24.0 Å². The Morgan fingerprint density at radius 3 is 2.37 bits per heavy atom. The quantitative estimate of drug-likeness (QED) is 0.364. The van der Waals surface area contributed by atoms with Gasteiger partial charge in [0.15, 0.2) is 11.7 Å². The van der Waals surface area contributed by atoms with E-state index >= 15 is 0 Å². The van der Waals surface area contributed by atoms with Gasteiger partial charge in [-0.05, 0) is 50.9 Å². The van der Waals surface area contributed by atoms with E-state index < -0.39 is 0 Å². The fourth-order valence-corrected chi connectivity index (χ4v) is 4.80. The Labute approximate surface area is 196 Å². The number of guanidine groups is 1. The maximum atomic E-state index is 12.5. The summed E-state index contributed by atoms with van der Waals surface area (Å²) in [6, 6.07) is 3.47. The summed E-state index contributed by atoms with van der Waals surface area (Å²) in [5.41, 5.74) is 0.168. The van der Waals surface area contributed by atoms with Crippen molar-refractivity contribution in [3.63, 3.8) is 0 Å². The topological polar surface area (TPSA) is 73.6 Å². The van der Waals surface area contributed by atoms with E-state index in [-0.39, 0.29) is 35.4 Å². The van der Waals surface area contributed by atoms with Crippen LogP contribution >= 0.6 is 24.0 Å². The van der Waals surface area contributed by atoms with Gasteiger partial charge in [-0.25, -0.2) is 0 Å². The number of hydrogen-bond donors (Lipinski definition) is 1. The van der Waals surface area contributed by atoms with E-state index in [0.717, 1.165) is 51.6 Å². The first-order valence-corrected chi connectivity index (χ1v) is 10.8. The van der Waals surface area contributed by atoms with Crippen LogP contribution in [0.3, 0.4) is 0 Å². The molecule has 4 rings (SSSR count). The second-order valence-corrected chi connectivity index (χ2v) is 8.19. The van der Waals surface area contributed by atoms with Crippen LogP contribution in [0, 0.1) is 0 Å². The molecule has 0 atom stereocenters. The van der Waals surface area contributed by atoms with Crippen molar-refractivity contribution in [3.05, 3.63) is 24.2 Å². The van der Waals surface area contributed by atoms with Crippen LogP contribution in [-0.4, -0.2) is 98.2 Å². The van der Waals surface area contributed by atoms with Crippen molar-refractivity contribution in [2.24, 2.45) is 4.99 Å². The van der Waals surface area contributed by atoms with Gasteiger partial charge in [-0.3, -0.25) is 14.7 Å². The summed E-state index contributed by atoms with van der Waals surface area (Å²) in [6.45, 7) is 7.83. The number of aliphatic imine (C=N–C) groups is 1. The number of carbonyl (C=O) groups excluding carboxylic acids is 1. The van der Waals surface area contributed by atoms with Gasteiger partial charge in [0.1, 0.15) is 0 Å². The van der Waals surface area contributed by atoms with E-state index in [0.29, 0.717) is 18.8 Å². The fraction of sp³-hybridized carbons (Fsp3) is 0.714. The lowest BCUT2D eigenvalue weighted by atomic mass is 9.88. The fourth-order valence-electron chi connectivity index (χ4n) is 4.80. The summed E-state index contributed by atoms with van der Waals surface area (Å²) in [4.78, 5) is 23.8. The summed E-state index contributed by atoms with van der Waals surface area (Å²) >= 11 is 0. The molecule has 1 aromatic rings. The second kappa shape index (κ2) is 10.8. The van der Waals surface area contributed by atoms with Crippen LogP contribution in [0.15, 0.2) is 27.8 Å². The highest BCUT2D eigenvalue weighted by Crippen LogP contribution is 2.30. The number of carbonyl (C=O) groups is 1. The van der Waals surface area contributed by atoms with Crippen LogP contribution in [0.2, 0.25) is 0 Å². The second-order valence-electron chi connectivity index (χ2n) is 8.19. The molecular formula is C21H34IN5O3. The number of furan rings is 1. The number of hydrogen-bond acceptors (Lipinski definition) is 5. The number of amides is 1. The Morgan fingerprint density at radius 1 is 1.10 bits per heavy atom. The molecule has 0 unspecified atom stereocenters. The average molecular weight is 531 g/mol. The van der Waals surface area contributed by atoms with Crippen LogP contribution in [0.5, 0.6) is 0 Å². The van der Waals surface area contributed by atoms with E-state index in [9.17, 15) is 4.79 Å².